The van der Waals surface area contributed by atoms with Crippen molar-refractivity contribution in [2.75, 3.05) is 0 Å². The van der Waals surface area contributed by atoms with E-state index < -0.39 is 0 Å². The monoisotopic (exact) mass is 247 g/mol. The zero-order chi connectivity index (χ0) is 12.5. The third-order valence-corrected chi connectivity index (χ3v) is 4.81. The quantitative estimate of drug-likeness (QED) is 0.852. The van der Waals surface area contributed by atoms with Crippen molar-refractivity contribution in [3.8, 4) is 0 Å². The molecule has 2 aliphatic rings. The molecule has 0 bridgehead atoms. The van der Waals surface area contributed by atoms with Gasteiger partial charge in [0.15, 0.2) is 0 Å². The van der Waals surface area contributed by atoms with Crippen LogP contribution < -0.4 is 5.32 Å². The second-order valence-corrected chi connectivity index (χ2v) is 6.07. The number of hydrogen-bond acceptors (Lipinski definition) is 1. The van der Waals surface area contributed by atoms with Crippen LogP contribution in [0, 0.1) is 11.7 Å². The molecule has 0 amide bonds. The number of rotatable bonds is 4. The Morgan fingerprint density at radius 3 is 2.67 bits per heavy atom. The first-order valence-corrected chi connectivity index (χ1v) is 7.24. The van der Waals surface area contributed by atoms with Crippen LogP contribution in [0.25, 0.3) is 0 Å². The average molecular weight is 247 g/mol. The van der Waals surface area contributed by atoms with Crippen LogP contribution in [0.5, 0.6) is 0 Å². The van der Waals surface area contributed by atoms with Crippen LogP contribution in [0.2, 0.25) is 0 Å². The van der Waals surface area contributed by atoms with E-state index in [0.29, 0.717) is 18.0 Å². The van der Waals surface area contributed by atoms with Gasteiger partial charge >= 0.3 is 0 Å². The van der Waals surface area contributed by atoms with Gasteiger partial charge in [-0.1, -0.05) is 18.6 Å². The molecule has 1 atom stereocenters. The Morgan fingerprint density at radius 2 is 2.06 bits per heavy atom. The summed E-state index contributed by atoms with van der Waals surface area (Å²) in [7, 11) is 0. The minimum absolute atomic E-state index is 0.105. The van der Waals surface area contributed by atoms with Gasteiger partial charge in [0.25, 0.3) is 0 Å². The van der Waals surface area contributed by atoms with Gasteiger partial charge in [0.05, 0.1) is 0 Å². The Hall–Kier alpha value is -0.890. The highest BCUT2D eigenvalue weighted by Crippen LogP contribution is 2.38. The Labute approximate surface area is 109 Å². The van der Waals surface area contributed by atoms with E-state index in [0.717, 1.165) is 5.92 Å². The number of benzene rings is 1. The van der Waals surface area contributed by atoms with Crippen molar-refractivity contribution in [1.82, 2.24) is 5.32 Å². The molecule has 0 aromatic heterocycles. The van der Waals surface area contributed by atoms with Crippen molar-refractivity contribution in [2.45, 2.75) is 57.0 Å². The highest BCUT2D eigenvalue weighted by Gasteiger charge is 2.33. The van der Waals surface area contributed by atoms with Crippen molar-refractivity contribution >= 4 is 0 Å². The van der Waals surface area contributed by atoms with Crippen LogP contribution in [0.15, 0.2) is 24.3 Å². The molecule has 2 aliphatic carbocycles. The first-order chi connectivity index (χ1) is 8.72. The Morgan fingerprint density at radius 1 is 1.28 bits per heavy atom. The summed E-state index contributed by atoms with van der Waals surface area (Å²) in [5.41, 5.74) is 1.17. The fraction of sp³-hybridized carbons (Fsp3) is 0.625. The van der Waals surface area contributed by atoms with E-state index in [4.69, 9.17) is 0 Å². The third-order valence-electron chi connectivity index (χ3n) is 4.81. The molecule has 0 radical (unpaired) electrons. The summed E-state index contributed by atoms with van der Waals surface area (Å²) in [5.74, 6) is 1.36. The molecule has 0 aliphatic heterocycles. The minimum Gasteiger partial charge on any atom is -0.311 e. The summed E-state index contributed by atoms with van der Waals surface area (Å²) in [5, 5.41) is 3.74. The van der Waals surface area contributed by atoms with Gasteiger partial charge in [0.2, 0.25) is 0 Å². The number of nitrogens with one attached hydrogen (secondary N) is 1. The SMILES string of the molecule is CC(NC1CC(c2cccc(F)c2)C1)C1CCC1. The van der Waals surface area contributed by atoms with Crippen molar-refractivity contribution in [2.24, 2.45) is 5.92 Å². The van der Waals surface area contributed by atoms with Crippen LogP contribution in [0.1, 0.15) is 50.5 Å². The molecule has 2 heteroatoms. The number of halogens is 1. The normalized spacial score (nSPS) is 29.4. The van der Waals surface area contributed by atoms with Gasteiger partial charge in [-0.25, -0.2) is 4.39 Å². The molecule has 18 heavy (non-hydrogen) atoms. The predicted octanol–water partition coefficient (Wildman–Crippen LogP) is 3.85. The average Bonchev–Trinajstić information content (AvgIpc) is 2.20. The zero-order valence-corrected chi connectivity index (χ0v) is 11.0. The van der Waals surface area contributed by atoms with Gasteiger partial charge < -0.3 is 5.32 Å². The molecule has 1 nitrogen and oxygen atoms in total. The van der Waals surface area contributed by atoms with Crippen LogP contribution in [-0.4, -0.2) is 12.1 Å². The molecular formula is C16H22FN. The first kappa shape index (κ1) is 12.2. The van der Waals surface area contributed by atoms with Gasteiger partial charge in [-0.2, -0.15) is 0 Å². The summed E-state index contributed by atoms with van der Waals surface area (Å²) in [6, 6.07) is 8.40. The molecule has 1 aromatic carbocycles. The fourth-order valence-electron chi connectivity index (χ4n) is 3.23. The largest absolute Gasteiger partial charge is 0.311 e. The van der Waals surface area contributed by atoms with Gasteiger partial charge in [0.1, 0.15) is 5.82 Å². The lowest BCUT2D eigenvalue weighted by molar-refractivity contribution is 0.187. The highest BCUT2D eigenvalue weighted by molar-refractivity contribution is 5.23. The van der Waals surface area contributed by atoms with Crippen LogP contribution >= 0.6 is 0 Å². The summed E-state index contributed by atoms with van der Waals surface area (Å²) < 4.78 is 13.1. The maximum atomic E-state index is 13.1. The van der Waals surface area contributed by atoms with E-state index >= 15 is 0 Å². The Kier molecular flexibility index (Phi) is 3.38. The third kappa shape index (κ3) is 2.44. The van der Waals surface area contributed by atoms with Crippen LogP contribution in [-0.2, 0) is 0 Å². The van der Waals surface area contributed by atoms with E-state index in [9.17, 15) is 4.39 Å². The van der Waals surface area contributed by atoms with E-state index in [2.05, 4.69) is 18.3 Å². The molecule has 1 N–H and O–H groups in total. The Bertz CT molecular complexity index is 407. The van der Waals surface area contributed by atoms with Crippen molar-refractivity contribution in [1.29, 1.82) is 0 Å². The lowest BCUT2D eigenvalue weighted by Crippen LogP contribution is -2.48. The van der Waals surface area contributed by atoms with Crippen molar-refractivity contribution < 1.29 is 4.39 Å². The highest BCUT2D eigenvalue weighted by atomic mass is 19.1. The van der Waals surface area contributed by atoms with E-state index in [1.807, 2.05) is 6.07 Å². The fourth-order valence-corrected chi connectivity index (χ4v) is 3.23. The molecule has 1 unspecified atom stereocenters. The maximum absolute atomic E-state index is 13.1. The zero-order valence-electron chi connectivity index (χ0n) is 11.0. The maximum Gasteiger partial charge on any atom is 0.123 e. The van der Waals surface area contributed by atoms with Crippen LogP contribution in [0.4, 0.5) is 4.39 Å². The van der Waals surface area contributed by atoms with Gasteiger partial charge in [-0.15, -0.1) is 0 Å². The van der Waals surface area contributed by atoms with Gasteiger partial charge in [-0.05, 0) is 62.1 Å². The molecule has 1 aromatic rings. The molecule has 0 saturated heterocycles. The van der Waals surface area contributed by atoms with E-state index in [-0.39, 0.29) is 5.82 Å². The van der Waals surface area contributed by atoms with Crippen LogP contribution in [0.3, 0.4) is 0 Å². The van der Waals surface area contributed by atoms with Gasteiger partial charge in [0, 0.05) is 12.1 Å². The lowest BCUT2D eigenvalue weighted by Gasteiger charge is -2.41. The smallest absolute Gasteiger partial charge is 0.123 e. The second kappa shape index (κ2) is 5.00. The first-order valence-electron chi connectivity index (χ1n) is 7.24. The van der Waals surface area contributed by atoms with E-state index in [1.165, 1.54) is 43.7 Å². The summed E-state index contributed by atoms with van der Waals surface area (Å²) in [4.78, 5) is 0. The summed E-state index contributed by atoms with van der Waals surface area (Å²) in [6.45, 7) is 2.32. The number of hydrogen-bond donors (Lipinski definition) is 1. The molecule has 0 spiro atoms. The molecule has 0 heterocycles. The Balaban J connectivity index is 1.48. The summed E-state index contributed by atoms with van der Waals surface area (Å²) in [6.07, 6.45) is 6.54. The van der Waals surface area contributed by atoms with Crippen molar-refractivity contribution in [3.63, 3.8) is 0 Å². The predicted molar refractivity (Wildman–Crippen MR) is 72.1 cm³/mol. The molecule has 98 valence electrons. The van der Waals surface area contributed by atoms with E-state index in [1.54, 1.807) is 6.07 Å². The lowest BCUT2D eigenvalue weighted by atomic mass is 9.74. The van der Waals surface area contributed by atoms with Crippen molar-refractivity contribution in [3.05, 3.63) is 35.6 Å². The topological polar surface area (TPSA) is 12.0 Å². The second-order valence-electron chi connectivity index (χ2n) is 6.07. The molecular weight excluding hydrogens is 225 g/mol. The summed E-state index contributed by atoms with van der Waals surface area (Å²) >= 11 is 0. The molecule has 2 saturated carbocycles. The molecule has 3 rings (SSSR count). The minimum atomic E-state index is -0.105. The standard InChI is InChI=1S/C16H22FN/c1-11(12-4-2-5-12)18-16-9-14(10-16)13-6-3-7-15(17)8-13/h3,6-8,11-12,14,16,18H,2,4-5,9-10H2,1H3. The molecule has 2 fully saturated rings. The van der Waals surface area contributed by atoms with Gasteiger partial charge in [-0.3, -0.25) is 0 Å².